The van der Waals surface area contributed by atoms with Crippen LogP contribution in [0.25, 0.3) is 10.9 Å². The van der Waals surface area contributed by atoms with E-state index in [-0.39, 0.29) is 0 Å². The van der Waals surface area contributed by atoms with Crippen LogP contribution in [0.5, 0.6) is 0 Å². The fourth-order valence-electron chi connectivity index (χ4n) is 2.35. The first-order valence-corrected chi connectivity index (χ1v) is 6.44. The predicted molar refractivity (Wildman–Crippen MR) is 68.4 cm³/mol. The number of nitrogens with one attached hydrogen (secondary N) is 1. The maximum Gasteiger partial charge on any atom is 0.0824 e. The van der Waals surface area contributed by atoms with E-state index < -0.39 is 0 Å². The molecule has 1 unspecified atom stereocenters. The van der Waals surface area contributed by atoms with Crippen molar-refractivity contribution >= 4 is 26.8 Å². The van der Waals surface area contributed by atoms with E-state index in [2.05, 4.69) is 49.2 Å². The van der Waals surface area contributed by atoms with Crippen LogP contribution >= 0.6 is 15.9 Å². The Morgan fingerprint density at radius 2 is 2.44 bits per heavy atom. The molecule has 1 aromatic carbocycles. The Kier molecular flexibility index (Phi) is 2.69. The molecule has 1 fully saturated rings. The summed E-state index contributed by atoms with van der Waals surface area (Å²) in [5, 5.41) is 9.08. The summed E-state index contributed by atoms with van der Waals surface area (Å²) < 4.78 is 3.25. The molecule has 1 N–H and O–H groups in total. The van der Waals surface area contributed by atoms with Gasteiger partial charge in [-0.1, -0.05) is 12.1 Å². The highest BCUT2D eigenvalue weighted by atomic mass is 79.9. The predicted octanol–water partition coefficient (Wildman–Crippen LogP) is 2.41. The fraction of sp³-hybridized carbons (Fsp3) is 0.417. The first-order chi connectivity index (χ1) is 7.84. The van der Waals surface area contributed by atoms with Crippen LogP contribution in [0.1, 0.15) is 6.42 Å². The molecule has 1 aromatic heterocycles. The number of fused-ring (bicyclic) bond motifs is 1. The Labute approximate surface area is 103 Å². The van der Waals surface area contributed by atoms with Crippen molar-refractivity contribution in [2.45, 2.75) is 13.0 Å². The van der Waals surface area contributed by atoms with E-state index in [0.717, 1.165) is 30.0 Å². The van der Waals surface area contributed by atoms with Crippen LogP contribution in [0.3, 0.4) is 0 Å². The SMILES string of the molecule is Brc1cccc2cnn(CC3CCNC3)c12. The van der Waals surface area contributed by atoms with E-state index in [1.807, 2.05) is 6.20 Å². The lowest BCUT2D eigenvalue weighted by atomic mass is 10.1. The molecule has 1 saturated heterocycles. The summed E-state index contributed by atoms with van der Waals surface area (Å²) in [6.45, 7) is 3.27. The van der Waals surface area contributed by atoms with Gasteiger partial charge in [0.15, 0.2) is 0 Å². The highest BCUT2D eigenvalue weighted by Crippen LogP contribution is 2.24. The minimum atomic E-state index is 0.718. The third kappa shape index (κ3) is 1.76. The largest absolute Gasteiger partial charge is 0.316 e. The van der Waals surface area contributed by atoms with Crippen LogP contribution in [0.4, 0.5) is 0 Å². The second-order valence-electron chi connectivity index (χ2n) is 4.36. The maximum atomic E-state index is 4.48. The molecule has 0 amide bonds. The van der Waals surface area contributed by atoms with E-state index >= 15 is 0 Å². The molecule has 4 heteroatoms. The molecule has 1 aliphatic heterocycles. The van der Waals surface area contributed by atoms with Crippen LogP contribution in [-0.4, -0.2) is 22.9 Å². The van der Waals surface area contributed by atoms with E-state index in [9.17, 15) is 0 Å². The number of para-hydroxylation sites is 1. The van der Waals surface area contributed by atoms with Gasteiger partial charge in [0.25, 0.3) is 0 Å². The third-order valence-electron chi connectivity index (χ3n) is 3.21. The standard InChI is InChI=1S/C12H14BrN3/c13-11-3-1-2-10-7-15-16(12(10)11)8-9-4-5-14-6-9/h1-3,7,9,14H,4-6,8H2. The van der Waals surface area contributed by atoms with Gasteiger partial charge in [-0.25, -0.2) is 0 Å². The summed E-state index contributed by atoms with van der Waals surface area (Å²) in [5.41, 5.74) is 1.22. The molecule has 16 heavy (non-hydrogen) atoms. The van der Waals surface area contributed by atoms with Crippen molar-refractivity contribution < 1.29 is 0 Å². The fourth-order valence-corrected chi connectivity index (χ4v) is 2.94. The van der Waals surface area contributed by atoms with Crippen molar-refractivity contribution in [1.82, 2.24) is 15.1 Å². The Balaban J connectivity index is 1.97. The normalized spacial score (nSPS) is 20.7. The molecule has 2 heterocycles. The Bertz CT molecular complexity index is 500. The van der Waals surface area contributed by atoms with E-state index in [1.54, 1.807) is 0 Å². The summed E-state index contributed by atoms with van der Waals surface area (Å²) in [6.07, 6.45) is 3.20. The second kappa shape index (κ2) is 4.18. The number of hydrogen-bond donors (Lipinski definition) is 1. The number of aromatic nitrogens is 2. The molecule has 1 aliphatic rings. The topological polar surface area (TPSA) is 29.9 Å². The molecular weight excluding hydrogens is 266 g/mol. The lowest BCUT2D eigenvalue weighted by Gasteiger charge is -2.10. The Morgan fingerprint density at radius 1 is 1.50 bits per heavy atom. The summed E-state index contributed by atoms with van der Waals surface area (Å²) in [5.74, 6) is 0.718. The van der Waals surface area contributed by atoms with Crippen molar-refractivity contribution in [2.24, 2.45) is 5.92 Å². The van der Waals surface area contributed by atoms with E-state index in [4.69, 9.17) is 0 Å². The molecule has 0 aliphatic carbocycles. The van der Waals surface area contributed by atoms with Gasteiger partial charge in [-0.15, -0.1) is 0 Å². The first-order valence-electron chi connectivity index (χ1n) is 5.65. The summed E-state index contributed by atoms with van der Waals surface area (Å²) >= 11 is 3.60. The van der Waals surface area contributed by atoms with Crippen molar-refractivity contribution in [3.8, 4) is 0 Å². The number of hydrogen-bond acceptors (Lipinski definition) is 2. The van der Waals surface area contributed by atoms with Crippen molar-refractivity contribution in [3.63, 3.8) is 0 Å². The van der Waals surface area contributed by atoms with Gasteiger partial charge in [-0.2, -0.15) is 5.10 Å². The van der Waals surface area contributed by atoms with Crippen molar-refractivity contribution in [2.75, 3.05) is 13.1 Å². The minimum Gasteiger partial charge on any atom is -0.316 e. The zero-order valence-electron chi connectivity index (χ0n) is 8.99. The number of nitrogens with zero attached hydrogens (tertiary/aromatic N) is 2. The molecule has 0 spiro atoms. The van der Waals surface area contributed by atoms with Crippen LogP contribution in [0.2, 0.25) is 0 Å². The van der Waals surface area contributed by atoms with Crippen molar-refractivity contribution in [1.29, 1.82) is 0 Å². The molecule has 3 nitrogen and oxygen atoms in total. The monoisotopic (exact) mass is 279 g/mol. The van der Waals surface area contributed by atoms with Gasteiger partial charge in [0.1, 0.15) is 0 Å². The zero-order chi connectivity index (χ0) is 11.0. The summed E-state index contributed by atoms with van der Waals surface area (Å²) in [6, 6.07) is 6.24. The summed E-state index contributed by atoms with van der Waals surface area (Å²) in [4.78, 5) is 0. The van der Waals surface area contributed by atoms with E-state index in [1.165, 1.54) is 17.3 Å². The summed E-state index contributed by atoms with van der Waals surface area (Å²) in [7, 11) is 0. The average molecular weight is 280 g/mol. The molecule has 0 bridgehead atoms. The van der Waals surface area contributed by atoms with Gasteiger partial charge in [0.2, 0.25) is 0 Å². The highest BCUT2D eigenvalue weighted by Gasteiger charge is 2.16. The third-order valence-corrected chi connectivity index (χ3v) is 3.85. The van der Waals surface area contributed by atoms with E-state index in [0.29, 0.717) is 0 Å². The number of halogens is 1. The zero-order valence-corrected chi connectivity index (χ0v) is 10.6. The Hall–Kier alpha value is -0.870. The van der Waals surface area contributed by atoms with Gasteiger partial charge < -0.3 is 5.32 Å². The molecule has 0 radical (unpaired) electrons. The van der Waals surface area contributed by atoms with Crippen LogP contribution < -0.4 is 5.32 Å². The van der Waals surface area contributed by atoms with Crippen LogP contribution in [-0.2, 0) is 6.54 Å². The molecule has 2 aromatic rings. The minimum absolute atomic E-state index is 0.718. The van der Waals surface area contributed by atoms with Gasteiger partial charge in [0, 0.05) is 16.4 Å². The average Bonchev–Trinajstić information content (AvgIpc) is 2.90. The van der Waals surface area contributed by atoms with Crippen molar-refractivity contribution in [3.05, 3.63) is 28.9 Å². The quantitative estimate of drug-likeness (QED) is 0.915. The smallest absolute Gasteiger partial charge is 0.0824 e. The lowest BCUT2D eigenvalue weighted by Crippen LogP contribution is -2.15. The Morgan fingerprint density at radius 3 is 3.25 bits per heavy atom. The first kappa shape index (κ1) is 10.3. The van der Waals surface area contributed by atoms with Gasteiger partial charge in [-0.05, 0) is 47.4 Å². The number of benzene rings is 1. The van der Waals surface area contributed by atoms with Crippen LogP contribution in [0, 0.1) is 5.92 Å². The highest BCUT2D eigenvalue weighted by molar-refractivity contribution is 9.10. The lowest BCUT2D eigenvalue weighted by molar-refractivity contribution is 0.459. The second-order valence-corrected chi connectivity index (χ2v) is 5.22. The van der Waals surface area contributed by atoms with Gasteiger partial charge in [0.05, 0.1) is 11.7 Å². The molecular formula is C12H14BrN3. The van der Waals surface area contributed by atoms with Gasteiger partial charge in [-0.3, -0.25) is 4.68 Å². The number of rotatable bonds is 2. The maximum absolute atomic E-state index is 4.48. The van der Waals surface area contributed by atoms with Crippen LogP contribution in [0.15, 0.2) is 28.9 Å². The molecule has 0 saturated carbocycles. The molecule has 3 rings (SSSR count). The molecule has 1 atom stereocenters. The van der Waals surface area contributed by atoms with Gasteiger partial charge >= 0.3 is 0 Å². The molecule has 84 valence electrons.